The molecule has 1 aliphatic rings. The summed E-state index contributed by atoms with van der Waals surface area (Å²) >= 11 is 0. The predicted octanol–water partition coefficient (Wildman–Crippen LogP) is 6.28. The molecule has 2 aromatic rings. The predicted molar refractivity (Wildman–Crippen MR) is 110 cm³/mol. The molecule has 1 N–H and O–H groups in total. The Morgan fingerprint density at radius 2 is 2.00 bits per heavy atom. The van der Waals surface area contributed by atoms with Crippen LogP contribution in [-0.2, 0) is 4.43 Å². The highest BCUT2D eigenvalue weighted by molar-refractivity contribution is 6.74. The second-order valence-electron chi connectivity index (χ2n) is 8.96. The van der Waals surface area contributed by atoms with Crippen LogP contribution in [0.4, 0.5) is 0 Å². The summed E-state index contributed by atoms with van der Waals surface area (Å²) in [5.41, 5.74) is 11.0. The van der Waals surface area contributed by atoms with Gasteiger partial charge in [0, 0.05) is 33.5 Å². The topological polar surface area (TPSA) is 90.9 Å². The molecule has 1 aliphatic carbocycles. The zero-order chi connectivity index (χ0) is 19.8. The maximum Gasteiger partial charge on any atom is 0.251 e. The van der Waals surface area contributed by atoms with Crippen LogP contribution in [0.2, 0.25) is 18.1 Å². The van der Waals surface area contributed by atoms with Crippen LogP contribution in [0.5, 0.6) is 0 Å². The van der Waals surface area contributed by atoms with Crippen molar-refractivity contribution in [2.75, 3.05) is 0 Å². The van der Waals surface area contributed by atoms with Crippen molar-refractivity contribution in [3.63, 3.8) is 0 Å². The number of hydrogen-bond donors (Lipinski definition) is 1. The van der Waals surface area contributed by atoms with Gasteiger partial charge in [0.15, 0.2) is 8.32 Å². The van der Waals surface area contributed by atoms with Gasteiger partial charge in [0.2, 0.25) is 0 Å². The first-order valence-corrected chi connectivity index (χ1v) is 12.4. The molecule has 27 heavy (non-hydrogen) atoms. The number of nitrogens with one attached hydrogen (secondary N) is 1. The summed E-state index contributed by atoms with van der Waals surface area (Å²) in [7, 11) is -1.82. The maximum absolute atomic E-state index is 12.5. The Morgan fingerprint density at radius 3 is 2.67 bits per heavy atom. The Bertz CT molecular complexity index is 906. The van der Waals surface area contributed by atoms with Gasteiger partial charge in [0.1, 0.15) is 0 Å². The van der Waals surface area contributed by atoms with Crippen molar-refractivity contribution < 1.29 is 9.22 Å². The van der Waals surface area contributed by atoms with Crippen molar-refractivity contribution in [2.45, 2.75) is 70.2 Å². The number of nitrogens with zero attached hydrogens (tertiary/aromatic N) is 3. The number of benzene rings is 1. The van der Waals surface area contributed by atoms with Crippen molar-refractivity contribution in [1.29, 1.82) is 0 Å². The van der Waals surface area contributed by atoms with Crippen molar-refractivity contribution >= 4 is 25.1 Å². The van der Waals surface area contributed by atoms with Gasteiger partial charge in [0.05, 0.1) is 5.56 Å². The lowest BCUT2D eigenvalue weighted by atomic mass is 9.98. The highest BCUT2D eigenvalue weighted by Crippen LogP contribution is 2.44. The second-order valence-corrected chi connectivity index (χ2v) is 13.7. The molecule has 3 rings (SSSR count). The minimum absolute atomic E-state index is 0.175. The van der Waals surface area contributed by atoms with E-state index in [9.17, 15) is 4.79 Å². The number of para-hydroxylation sites is 1. The fraction of sp³-hybridized carbons (Fsp3) is 0.550. The van der Waals surface area contributed by atoms with Gasteiger partial charge in [-0.15, -0.1) is 0 Å². The lowest BCUT2D eigenvalue weighted by Crippen LogP contribution is -2.43. The highest BCUT2D eigenvalue weighted by atomic mass is 28.4. The largest absolute Gasteiger partial charge is 0.414 e. The third kappa shape index (κ3) is 3.81. The number of hydrogen-bond acceptors (Lipinski definition) is 2. The monoisotopic (exact) mass is 384 g/mol. The van der Waals surface area contributed by atoms with Gasteiger partial charge in [0.25, 0.3) is 5.91 Å². The molecule has 1 saturated carbocycles. The van der Waals surface area contributed by atoms with Gasteiger partial charge < -0.3 is 9.41 Å². The van der Waals surface area contributed by atoms with Crippen LogP contribution < -0.4 is 0 Å². The zero-order valence-electron chi connectivity index (χ0n) is 16.7. The van der Waals surface area contributed by atoms with Crippen LogP contribution >= 0.6 is 0 Å². The number of aromatic nitrogens is 1. The molecule has 0 bridgehead atoms. The first-order valence-electron chi connectivity index (χ1n) is 9.52. The van der Waals surface area contributed by atoms with E-state index in [0.29, 0.717) is 5.56 Å². The summed E-state index contributed by atoms with van der Waals surface area (Å²) < 4.78 is 6.59. The van der Waals surface area contributed by atoms with E-state index >= 15 is 0 Å². The molecule has 6 nitrogen and oxygen atoms in total. The normalized spacial score (nSPS) is 20.6. The average molecular weight is 385 g/mol. The van der Waals surface area contributed by atoms with Gasteiger partial charge >= 0.3 is 0 Å². The molecule has 1 heterocycles. The number of carbonyl (C=O) groups is 1. The van der Waals surface area contributed by atoms with E-state index in [1.54, 1.807) is 0 Å². The van der Waals surface area contributed by atoms with Crippen LogP contribution in [0.15, 0.2) is 29.4 Å². The number of rotatable bonds is 4. The summed E-state index contributed by atoms with van der Waals surface area (Å²) in [4.78, 5) is 18.6. The van der Waals surface area contributed by atoms with Crippen LogP contribution in [0.1, 0.15) is 62.0 Å². The maximum atomic E-state index is 12.5. The first kappa shape index (κ1) is 19.7. The molecule has 0 spiro atoms. The molecule has 1 aromatic carbocycles. The quantitative estimate of drug-likeness (QED) is 0.291. The lowest BCUT2D eigenvalue weighted by molar-refractivity contribution is 0.100. The van der Waals surface area contributed by atoms with E-state index in [2.05, 4.69) is 48.9 Å². The molecule has 0 saturated heterocycles. The van der Waals surface area contributed by atoms with Crippen LogP contribution in [-0.4, -0.2) is 25.3 Å². The molecule has 2 atom stereocenters. The Morgan fingerprint density at radius 1 is 1.30 bits per heavy atom. The van der Waals surface area contributed by atoms with Gasteiger partial charge in [-0.3, -0.25) is 4.79 Å². The van der Waals surface area contributed by atoms with Crippen LogP contribution in [0.25, 0.3) is 21.3 Å². The van der Waals surface area contributed by atoms with E-state index in [4.69, 9.17) is 9.96 Å². The Kier molecular flexibility index (Phi) is 5.21. The molecule has 0 aliphatic heterocycles. The molecular formula is C20H28N4O2Si. The summed E-state index contributed by atoms with van der Waals surface area (Å²) in [5, 5.41) is 4.35. The number of fused-ring (bicyclic) bond motifs is 1. The van der Waals surface area contributed by atoms with Crippen LogP contribution in [0.3, 0.4) is 0 Å². The van der Waals surface area contributed by atoms with E-state index in [1.807, 2.05) is 24.3 Å². The lowest BCUT2D eigenvalue weighted by Gasteiger charge is -2.38. The third-order valence-electron chi connectivity index (χ3n) is 6.14. The van der Waals surface area contributed by atoms with Crippen molar-refractivity contribution in [3.8, 4) is 0 Å². The number of carbonyl (C=O) groups excluding carboxylic acids is 1. The van der Waals surface area contributed by atoms with E-state index in [1.165, 1.54) is 0 Å². The minimum Gasteiger partial charge on any atom is -0.414 e. The summed E-state index contributed by atoms with van der Waals surface area (Å²) in [6.45, 7) is 11.3. The Hall–Kier alpha value is -2.08. The third-order valence-corrected chi connectivity index (χ3v) is 10.7. The molecule has 0 unspecified atom stereocenters. The van der Waals surface area contributed by atoms with E-state index < -0.39 is 14.2 Å². The van der Waals surface area contributed by atoms with Gasteiger partial charge in [-0.25, -0.2) is 0 Å². The van der Waals surface area contributed by atoms with Gasteiger partial charge in [-0.1, -0.05) is 39.0 Å². The molecule has 1 amide bonds. The number of azide groups is 1. The molecule has 1 aromatic heterocycles. The average Bonchev–Trinajstić information content (AvgIpc) is 3.17. The second kappa shape index (κ2) is 7.15. The fourth-order valence-corrected chi connectivity index (χ4v) is 5.09. The minimum atomic E-state index is -1.82. The smallest absolute Gasteiger partial charge is 0.251 e. The molecule has 7 heteroatoms. The molecule has 1 fully saturated rings. The summed E-state index contributed by atoms with van der Waals surface area (Å²) in [6.07, 6.45) is 3.05. The standard InChI is InChI=1S/C20H28N4O2Si/c1-20(2,3)27(4,5)26-14-11-10-13(12-14)18-17(19(25)23-24-21)15-8-6-7-9-16(15)22-18/h6-9,13-14,22H,10-12H2,1-5H3/t13-,14+/m0/s1. The summed E-state index contributed by atoms with van der Waals surface area (Å²) in [6, 6.07) is 7.67. The number of amides is 1. The zero-order valence-corrected chi connectivity index (χ0v) is 17.7. The summed E-state index contributed by atoms with van der Waals surface area (Å²) in [5.74, 6) is -0.307. The first-order chi connectivity index (χ1) is 12.6. The fourth-order valence-electron chi connectivity index (χ4n) is 3.69. The molecule has 0 radical (unpaired) electrons. The van der Waals surface area contributed by atoms with Crippen molar-refractivity contribution in [1.82, 2.24) is 4.98 Å². The number of aromatic amines is 1. The van der Waals surface area contributed by atoms with E-state index in [-0.39, 0.29) is 17.1 Å². The SMILES string of the molecule is CC(C)(C)[Si](C)(C)O[C@@H]1CC[C@H](c2[nH]c3ccccc3c2C(=O)N=[N+]=[N-])C1. The Balaban J connectivity index is 1.90. The Labute approximate surface area is 161 Å². The van der Waals surface area contributed by atoms with Crippen LogP contribution in [0, 0.1) is 0 Å². The van der Waals surface area contributed by atoms with Gasteiger partial charge in [-0.05, 0) is 54.1 Å². The van der Waals surface area contributed by atoms with Crippen molar-refractivity contribution in [2.24, 2.45) is 5.11 Å². The molecular weight excluding hydrogens is 356 g/mol. The van der Waals surface area contributed by atoms with E-state index in [0.717, 1.165) is 35.9 Å². The molecule has 144 valence electrons. The highest BCUT2D eigenvalue weighted by Gasteiger charge is 2.41. The number of H-pyrrole nitrogens is 1. The van der Waals surface area contributed by atoms with Crippen molar-refractivity contribution in [3.05, 3.63) is 46.0 Å². The van der Waals surface area contributed by atoms with Gasteiger partial charge in [-0.2, -0.15) is 0 Å².